The molecule has 3 atom stereocenters. The summed E-state index contributed by atoms with van der Waals surface area (Å²) in [6, 6.07) is 9.33. The number of amides is 1. The van der Waals surface area contributed by atoms with Gasteiger partial charge in [-0.2, -0.15) is 0 Å². The van der Waals surface area contributed by atoms with Gasteiger partial charge in [-0.1, -0.05) is 11.5 Å². The van der Waals surface area contributed by atoms with E-state index in [0.29, 0.717) is 12.2 Å². The van der Waals surface area contributed by atoms with Crippen molar-refractivity contribution < 1.29 is 32.2 Å². The van der Waals surface area contributed by atoms with Crippen molar-refractivity contribution in [3.05, 3.63) is 42.7 Å². The van der Waals surface area contributed by atoms with Crippen LogP contribution in [0.5, 0.6) is 5.75 Å². The van der Waals surface area contributed by atoms with Crippen LogP contribution in [0.1, 0.15) is 27.2 Å². The molecule has 2 heterocycles. The van der Waals surface area contributed by atoms with E-state index in [2.05, 4.69) is 15.0 Å². The molecule has 37 heavy (non-hydrogen) atoms. The fourth-order valence-electron chi connectivity index (χ4n) is 4.16. The van der Waals surface area contributed by atoms with E-state index in [4.69, 9.17) is 14.2 Å². The molecule has 0 saturated carbocycles. The molecule has 2 unspecified atom stereocenters. The molecular formula is C24H29BN4O7S. The van der Waals surface area contributed by atoms with Gasteiger partial charge >= 0.3 is 5.97 Å². The highest BCUT2D eigenvalue weighted by Gasteiger charge is 2.39. The average molecular weight is 528 g/mol. The van der Waals surface area contributed by atoms with Crippen LogP contribution in [0.3, 0.4) is 0 Å². The summed E-state index contributed by atoms with van der Waals surface area (Å²) >= 11 is 0. The molecule has 3 aromatic rings. The number of ether oxygens (including phenoxy) is 3. The Kier molecular flexibility index (Phi) is 7.86. The molecule has 0 bridgehead atoms. The van der Waals surface area contributed by atoms with Crippen LogP contribution in [0.4, 0.5) is 5.69 Å². The molecule has 0 spiro atoms. The van der Waals surface area contributed by atoms with E-state index in [0.717, 1.165) is 16.5 Å². The SMILES string of the molecule is Bc1ccc2c(c1)ncn2C[C@@H](C)Oc1cc(NC(C)=O)ccc1S(=O)(=O)NC1CC(=O)OC1OCC. The van der Waals surface area contributed by atoms with E-state index in [1.54, 1.807) is 13.3 Å². The van der Waals surface area contributed by atoms with E-state index in [-0.39, 0.29) is 29.6 Å². The molecule has 4 rings (SSSR count). The number of hydrogen-bond acceptors (Lipinski definition) is 8. The Hall–Kier alpha value is -3.42. The van der Waals surface area contributed by atoms with Gasteiger partial charge < -0.3 is 24.1 Å². The Balaban J connectivity index is 1.60. The first-order valence-corrected chi connectivity index (χ1v) is 13.4. The number of rotatable bonds is 10. The van der Waals surface area contributed by atoms with Crippen LogP contribution >= 0.6 is 0 Å². The van der Waals surface area contributed by atoms with Crippen LogP contribution in [0.2, 0.25) is 0 Å². The standard InChI is InChI=1S/C24H29BN4O7S/c1-4-34-24-19(11-23(31)36-24)28-37(32,33)22-8-6-17(27-15(3)30)10-21(22)35-14(2)12-29-13-26-18-9-16(25)5-7-20(18)29/h5-10,13-14,19,24,28H,4,11-12,25H2,1-3H3,(H,27,30)/t14-,19?,24?/m1/s1. The molecule has 1 amide bonds. The highest BCUT2D eigenvalue weighted by atomic mass is 32.2. The van der Waals surface area contributed by atoms with Gasteiger partial charge in [0.05, 0.1) is 36.4 Å². The quantitative estimate of drug-likeness (QED) is 0.290. The highest BCUT2D eigenvalue weighted by molar-refractivity contribution is 7.89. The molecule has 0 radical (unpaired) electrons. The molecule has 1 aromatic heterocycles. The molecule has 13 heteroatoms. The molecule has 1 fully saturated rings. The molecule has 2 N–H and O–H groups in total. The lowest BCUT2D eigenvalue weighted by molar-refractivity contribution is -0.163. The molecule has 1 aliphatic heterocycles. The molecule has 1 saturated heterocycles. The number of carbonyl (C=O) groups is 2. The van der Waals surface area contributed by atoms with Gasteiger partial charge in [0, 0.05) is 25.3 Å². The Morgan fingerprint density at radius 3 is 2.81 bits per heavy atom. The van der Waals surface area contributed by atoms with Gasteiger partial charge in [-0.15, -0.1) is 0 Å². The number of carbonyl (C=O) groups excluding carboxylic acids is 2. The lowest BCUT2D eigenvalue weighted by Crippen LogP contribution is -2.41. The smallest absolute Gasteiger partial charge is 0.310 e. The molecule has 1 aliphatic rings. The van der Waals surface area contributed by atoms with Crippen LogP contribution in [0.25, 0.3) is 11.0 Å². The number of nitrogens with one attached hydrogen (secondary N) is 2. The third-order valence-corrected chi connectivity index (χ3v) is 7.24. The van der Waals surface area contributed by atoms with E-state index < -0.39 is 34.4 Å². The van der Waals surface area contributed by atoms with Crippen molar-refractivity contribution in [1.29, 1.82) is 0 Å². The van der Waals surface area contributed by atoms with Crippen LogP contribution in [-0.4, -0.2) is 62.7 Å². The average Bonchev–Trinajstić information content (AvgIpc) is 3.35. The number of hydrogen-bond donors (Lipinski definition) is 2. The number of fused-ring (bicyclic) bond motifs is 1. The van der Waals surface area contributed by atoms with E-state index in [1.807, 2.05) is 37.5 Å². The first kappa shape index (κ1) is 26.6. The van der Waals surface area contributed by atoms with Crippen molar-refractivity contribution >= 4 is 51.9 Å². The monoisotopic (exact) mass is 528 g/mol. The first-order chi connectivity index (χ1) is 17.6. The summed E-state index contributed by atoms with van der Waals surface area (Å²) in [7, 11) is -2.17. The zero-order valence-electron chi connectivity index (χ0n) is 21.1. The van der Waals surface area contributed by atoms with Gasteiger partial charge in [-0.25, -0.2) is 18.1 Å². The van der Waals surface area contributed by atoms with Gasteiger partial charge in [0.15, 0.2) is 0 Å². The number of cyclic esters (lactones) is 1. The van der Waals surface area contributed by atoms with E-state index in [1.165, 1.54) is 25.1 Å². The Labute approximate surface area is 215 Å². The van der Waals surface area contributed by atoms with Crippen molar-refractivity contribution in [2.24, 2.45) is 0 Å². The number of nitrogens with zero attached hydrogens (tertiary/aromatic N) is 2. The minimum Gasteiger partial charge on any atom is -0.487 e. The normalized spacial score (nSPS) is 18.5. The van der Waals surface area contributed by atoms with Gasteiger partial charge in [0.1, 0.15) is 24.6 Å². The maximum atomic E-state index is 13.4. The predicted octanol–water partition coefficient (Wildman–Crippen LogP) is 0.677. The Morgan fingerprint density at radius 1 is 1.30 bits per heavy atom. The maximum Gasteiger partial charge on any atom is 0.310 e. The number of anilines is 1. The third kappa shape index (κ3) is 6.30. The summed E-state index contributed by atoms with van der Waals surface area (Å²) in [4.78, 5) is 27.7. The predicted molar refractivity (Wildman–Crippen MR) is 139 cm³/mol. The van der Waals surface area contributed by atoms with Crippen molar-refractivity contribution in [1.82, 2.24) is 14.3 Å². The fourth-order valence-corrected chi connectivity index (χ4v) is 5.50. The van der Waals surface area contributed by atoms with Crippen LogP contribution in [0.15, 0.2) is 47.6 Å². The van der Waals surface area contributed by atoms with Crippen LogP contribution < -0.4 is 20.2 Å². The topological polar surface area (TPSA) is 138 Å². The molecule has 11 nitrogen and oxygen atoms in total. The van der Waals surface area contributed by atoms with Gasteiger partial charge in [0.25, 0.3) is 0 Å². The zero-order chi connectivity index (χ0) is 26.7. The number of sulfonamides is 1. The Bertz CT molecular complexity index is 1430. The number of aromatic nitrogens is 2. The Morgan fingerprint density at radius 2 is 2.08 bits per heavy atom. The summed E-state index contributed by atoms with van der Waals surface area (Å²) < 4.78 is 47.8. The summed E-state index contributed by atoms with van der Waals surface area (Å²) in [5.41, 5.74) is 3.25. The van der Waals surface area contributed by atoms with Crippen molar-refractivity contribution in [2.75, 3.05) is 11.9 Å². The molecule has 0 aliphatic carbocycles. The van der Waals surface area contributed by atoms with Crippen LogP contribution in [0, 0.1) is 0 Å². The molecular weight excluding hydrogens is 499 g/mol. The summed E-state index contributed by atoms with van der Waals surface area (Å²) in [5.74, 6) is -0.821. The molecule has 196 valence electrons. The lowest BCUT2D eigenvalue weighted by Gasteiger charge is -2.22. The van der Waals surface area contributed by atoms with Crippen molar-refractivity contribution in [3.8, 4) is 5.75 Å². The van der Waals surface area contributed by atoms with Gasteiger partial charge in [-0.3, -0.25) is 9.59 Å². The van der Waals surface area contributed by atoms with Crippen LogP contribution in [-0.2, 0) is 35.6 Å². The number of benzene rings is 2. The second kappa shape index (κ2) is 10.9. The van der Waals surface area contributed by atoms with Crippen molar-refractivity contribution in [2.45, 2.75) is 57.1 Å². The third-order valence-electron chi connectivity index (χ3n) is 5.71. The second-order valence-corrected chi connectivity index (χ2v) is 10.6. The number of esters is 1. The van der Waals surface area contributed by atoms with Gasteiger partial charge in [0.2, 0.25) is 22.2 Å². The van der Waals surface area contributed by atoms with E-state index >= 15 is 0 Å². The number of imidazole rings is 1. The zero-order valence-corrected chi connectivity index (χ0v) is 21.9. The minimum absolute atomic E-state index is 0.0460. The van der Waals surface area contributed by atoms with Gasteiger partial charge in [-0.05, 0) is 38.1 Å². The highest BCUT2D eigenvalue weighted by Crippen LogP contribution is 2.30. The fraction of sp³-hybridized carbons (Fsp3) is 0.375. The first-order valence-electron chi connectivity index (χ1n) is 11.9. The van der Waals surface area contributed by atoms with E-state index in [9.17, 15) is 18.0 Å². The lowest BCUT2D eigenvalue weighted by atomic mass is 9.96. The summed E-state index contributed by atoms with van der Waals surface area (Å²) in [5, 5.41) is 2.64. The second-order valence-electron chi connectivity index (χ2n) is 8.91. The summed E-state index contributed by atoms with van der Waals surface area (Å²) in [6.45, 7) is 5.52. The van der Waals surface area contributed by atoms with Crippen molar-refractivity contribution in [3.63, 3.8) is 0 Å². The minimum atomic E-state index is -4.16. The largest absolute Gasteiger partial charge is 0.487 e. The molecule has 2 aromatic carbocycles. The maximum absolute atomic E-state index is 13.4. The summed E-state index contributed by atoms with van der Waals surface area (Å²) in [6.07, 6.45) is 0.0652.